The molecule has 13 heavy (non-hydrogen) atoms. The fraction of sp³-hybridized carbons (Fsp3) is 0.778. The second-order valence-electron chi connectivity index (χ2n) is 3.46. The number of hydrogen-bond acceptors (Lipinski definition) is 2. The Morgan fingerprint density at radius 1 is 1.31 bits per heavy atom. The molecule has 0 unspecified atom stereocenters. The second-order valence-corrected chi connectivity index (χ2v) is 5.44. The molecule has 0 aromatic rings. The molecule has 0 aliphatic carbocycles. The van der Waals surface area contributed by atoms with Crippen LogP contribution in [-0.2, 0) is 10.0 Å². The van der Waals surface area contributed by atoms with Gasteiger partial charge < -0.3 is 0 Å². The van der Waals surface area contributed by atoms with E-state index in [0.29, 0.717) is 13.1 Å². The molecule has 0 atom stereocenters. The minimum absolute atomic E-state index is 0.651. The monoisotopic (exact) mass is 203 g/mol. The molecule has 0 aromatic heterocycles. The second kappa shape index (κ2) is 4.24. The third-order valence-corrected chi connectivity index (χ3v) is 3.77. The Balaban J connectivity index is 2.65. The Morgan fingerprint density at radius 3 is 2.54 bits per heavy atom. The van der Waals surface area contributed by atoms with Gasteiger partial charge >= 0.3 is 0 Å². The first-order valence-electron chi connectivity index (χ1n) is 4.63. The number of allylic oxidation sites excluding steroid dienone is 1. The van der Waals surface area contributed by atoms with Gasteiger partial charge in [-0.2, -0.15) is 0 Å². The van der Waals surface area contributed by atoms with Crippen molar-refractivity contribution in [3.05, 3.63) is 11.6 Å². The molecule has 0 amide bonds. The summed E-state index contributed by atoms with van der Waals surface area (Å²) in [6.45, 7) is 3.35. The van der Waals surface area contributed by atoms with Crippen LogP contribution in [0.25, 0.3) is 0 Å². The van der Waals surface area contributed by atoms with Crippen LogP contribution in [0.15, 0.2) is 11.6 Å². The molecular weight excluding hydrogens is 186 g/mol. The standard InChI is InChI=1S/C9H17NO2S/c1-3-9-5-4-7-10(8-6-9)13(2,11)12/h3H,4-8H2,1-2H3/b9-3-. The zero-order valence-corrected chi connectivity index (χ0v) is 9.10. The average molecular weight is 203 g/mol. The number of rotatable bonds is 1. The van der Waals surface area contributed by atoms with Crippen molar-refractivity contribution in [1.82, 2.24) is 4.31 Å². The van der Waals surface area contributed by atoms with E-state index in [1.807, 2.05) is 6.92 Å². The van der Waals surface area contributed by atoms with E-state index in [-0.39, 0.29) is 0 Å². The molecule has 3 nitrogen and oxygen atoms in total. The van der Waals surface area contributed by atoms with Gasteiger partial charge in [-0.15, -0.1) is 0 Å². The van der Waals surface area contributed by atoms with Crippen molar-refractivity contribution in [3.63, 3.8) is 0 Å². The van der Waals surface area contributed by atoms with E-state index in [4.69, 9.17) is 0 Å². The van der Waals surface area contributed by atoms with Crippen molar-refractivity contribution in [3.8, 4) is 0 Å². The number of hydrogen-bond donors (Lipinski definition) is 0. The molecule has 0 spiro atoms. The lowest BCUT2D eigenvalue weighted by atomic mass is 10.1. The molecule has 0 radical (unpaired) electrons. The lowest BCUT2D eigenvalue weighted by molar-refractivity contribution is 0.430. The molecule has 0 aromatic carbocycles. The Bertz CT molecular complexity index is 293. The van der Waals surface area contributed by atoms with Gasteiger partial charge in [0.05, 0.1) is 6.26 Å². The summed E-state index contributed by atoms with van der Waals surface area (Å²) in [4.78, 5) is 0. The Hall–Kier alpha value is -0.350. The lowest BCUT2D eigenvalue weighted by Gasteiger charge is -2.16. The summed E-state index contributed by atoms with van der Waals surface area (Å²) in [6.07, 6.45) is 6.28. The summed E-state index contributed by atoms with van der Waals surface area (Å²) < 4.78 is 24.1. The smallest absolute Gasteiger partial charge is 0.211 e. The van der Waals surface area contributed by atoms with Gasteiger partial charge in [-0.25, -0.2) is 12.7 Å². The van der Waals surface area contributed by atoms with Crippen molar-refractivity contribution < 1.29 is 8.42 Å². The van der Waals surface area contributed by atoms with E-state index in [0.717, 1.165) is 19.3 Å². The minimum Gasteiger partial charge on any atom is -0.213 e. The maximum absolute atomic E-state index is 11.2. The highest BCUT2D eigenvalue weighted by Crippen LogP contribution is 2.17. The first-order valence-corrected chi connectivity index (χ1v) is 6.48. The summed E-state index contributed by atoms with van der Waals surface area (Å²) >= 11 is 0. The topological polar surface area (TPSA) is 37.4 Å². The van der Waals surface area contributed by atoms with Crippen LogP contribution in [0.2, 0.25) is 0 Å². The van der Waals surface area contributed by atoms with E-state index < -0.39 is 10.0 Å². The van der Waals surface area contributed by atoms with Crippen molar-refractivity contribution in [2.24, 2.45) is 0 Å². The van der Waals surface area contributed by atoms with Crippen molar-refractivity contribution in [2.75, 3.05) is 19.3 Å². The summed E-state index contributed by atoms with van der Waals surface area (Å²) in [7, 11) is -2.97. The maximum atomic E-state index is 11.2. The van der Waals surface area contributed by atoms with Gasteiger partial charge in [0.25, 0.3) is 0 Å². The van der Waals surface area contributed by atoms with Crippen LogP contribution in [0.3, 0.4) is 0 Å². The fourth-order valence-electron chi connectivity index (χ4n) is 1.61. The highest BCUT2D eigenvalue weighted by atomic mass is 32.2. The van der Waals surface area contributed by atoms with Gasteiger partial charge in [0.15, 0.2) is 0 Å². The van der Waals surface area contributed by atoms with Crippen LogP contribution in [0, 0.1) is 0 Å². The number of sulfonamides is 1. The Kier molecular flexibility index (Phi) is 3.50. The van der Waals surface area contributed by atoms with Crippen LogP contribution in [-0.4, -0.2) is 32.1 Å². The van der Waals surface area contributed by atoms with Crippen LogP contribution < -0.4 is 0 Å². The summed E-state index contributed by atoms with van der Waals surface area (Å²) in [5.74, 6) is 0. The Labute approximate surface area is 80.5 Å². The van der Waals surface area contributed by atoms with Crippen LogP contribution >= 0.6 is 0 Å². The summed E-state index contributed by atoms with van der Waals surface area (Å²) in [6, 6.07) is 0. The maximum Gasteiger partial charge on any atom is 0.211 e. The van der Waals surface area contributed by atoms with Gasteiger partial charge in [0, 0.05) is 13.1 Å². The van der Waals surface area contributed by atoms with Gasteiger partial charge in [-0.3, -0.25) is 0 Å². The third kappa shape index (κ3) is 3.12. The van der Waals surface area contributed by atoms with Gasteiger partial charge in [0.1, 0.15) is 0 Å². The highest BCUT2D eigenvalue weighted by Gasteiger charge is 2.18. The summed E-state index contributed by atoms with van der Waals surface area (Å²) in [5, 5.41) is 0. The van der Waals surface area contributed by atoms with Crippen LogP contribution in [0.5, 0.6) is 0 Å². The molecule has 0 bridgehead atoms. The van der Waals surface area contributed by atoms with Crippen molar-refractivity contribution in [1.29, 1.82) is 0 Å². The largest absolute Gasteiger partial charge is 0.213 e. The van der Waals surface area contributed by atoms with E-state index in [9.17, 15) is 8.42 Å². The molecule has 1 fully saturated rings. The van der Waals surface area contributed by atoms with Gasteiger partial charge in [0.2, 0.25) is 10.0 Å². The van der Waals surface area contributed by atoms with Gasteiger partial charge in [-0.05, 0) is 26.2 Å². The lowest BCUT2D eigenvalue weighted by Crippen LogP contribution is -2.30. The molecule has 1 saturated heterocycles. The SMILES string of the molecule is C/C=C1/CCCN(S(C)(=O)=O)CC1. The molecule has 76 valence electrons. The average Bonchev–Trinajstić information content (AvgIpc) is 2.26. The molecule has 1 aliphatic rings. The quantitative estimate of drug-likeness (QED) is 0.604. The van der Waals surface area contributed by atoms with E-state index in [1.54, 1.807) is 4.31 Å². The minimum atomic E-state index is -2.97. The van der Waals surface area contributed by atoms with Gasteiger partial charge in [-0.1, -0.05) is 11.6 Å². The Morgan fingerprint density at radius 2 is 2.00 bits per heavy atom. The zero-order chi connectivity index (χ0) is 9.90. The fourth-order valence-corrected chi connectivity index (χ4v) is 2.49. The molecule has 1 rings (SSSR count). The van der Waals surface area contributed by atoms with Crippen molar-refractivity contribution in [2.45, 2.75) is 26.2 Å². The third-order valence-electron chi connectivity index (χ3n) is 2.46. The molecule has 0 N–H and O–H groups in total. The highest BCUT2D eigenvalue weighted by molar-refractivity contribution is 7.88. The molecule has 4 heteroatoms. The van der Waals surface area contributed by atoms with E-state index in [1.165, 1.54) is 11.8 Å². The molecule has 1 aliphatic heterocycles. The zero-order valence-electron chi connectivity index (χ0n) is 8.28. The van der Waals surface area contributed by atoms with E-state index >= 15 is 0 Å². The predicted octanol–water partition coefficient (Wildman–Crippen LogP) is 1.38. The van der Waals surface area contributed by atoms with E-state index in [2.05, 4.69) is 6.08 Å². The van der Waals surface area contributed by atoms with Crippen LogP contribution in [0.4, 0.5) is 0 Å². The molecule has 0 saturated carbocycles. The first kappa shape index (κ1) is 10.7. The number of nitrogens with zero attached hydrogens (tertiary/aromatic N) is 1. The summed E-state index contributed by atoms with van der Waals surface area (Å²) in [5.41, 5.74) is 1.38. The molecular formula is C9H17NO2S. The normalized spacial score (nSPS) is 24.6. The van der Waals surface area contributed by atoms with Crippen LogP contribution in [0.1, 0.15) is 26.2 Å². The van der Waals surface area contributed by atoms with Crippen molar-refractivity contribution >= 4 is 10.0 Å². The molecule has 1 heterocycles. The first-order chi connectivity index (χ1) is 6.04. The predicted molar refractivity (Wildman–Crippen MR) is 54.0 cm³/mol.